The van der Waals surface area contributed by atoms with Crippen LogP contribution in [-0.4, -0.2) is 16.3 Å². The molecule has 0 saturated carbocycles. The average Bonchev–Trinajstić information content (AvgIpc) is 2.67. The third-order valence-corrected chi connectivity index (χ3v) is 3.48. The Morgan fingerprint density at radius 2 is 2.00 bits per heavy atom. The highest BCUT2D eigenvalue weighted by Crippen LogP contribution is 2.22. The van der Waals surface area contributed by atoms with E-state index in [4.69, 9.17) is 5.73 Å². The number of hydrogen-bond donors (Lipinski definition) is 1. The lowest BCUT2D eigenvalue weighted by atomic mass is 10.00. The van der Waals surface area contributed by atoms with Crippen molar-refractivity contribution in [2.75, 3.05) is 6.54 Å². The van der Waals surface area contributed by atoms with E-state index < -0.39 is 0 Å². The number of rotatable bonds is 4. The molecule has 3 nitrogen and oxygen atoms in total. The fraction of sp³-hybridized carbons (Fsp3) is 0.400. The van der Waals surface area contributed by atoms with Crippen LogP contribution < -0.4 is 5.73 Å². The Labute approximate surface area is 113 Å². The summed E-state index contributed by atoms with van der Waals surface area (Å²) in [5.74, 6) is 0.141. The maximum Gasteiger partial charge on any atom is 0.148 e. The molecule has 0 aliphatic heterocycles. The van der Waals surface area contributed by atoms with Gasteiger partial charge in [0.2, 0.25) is 0 Å². The Morgan fingerprint density at radius 1 is 1.32 bits per heavy atom. The quantitative estimate of drug-likeness (QED) is 0.919. The van der Waals surface area contributed by atoms with E-state index in [1.165, 1.54) is 11.6 Å². The largest absolute Gasteiger partial charge is 0.330 e. The first-order valence-electron chi connectivity index (χ1n) is 6.54. The SMILES string of the molecule is Cc1nn(-c2ccccc2F)c(C)c1CC(C)CN. The second-order valence-electron chi connectivity index (χ2n) is 5.06. The highest BCUT2D eigenvalue weighted by molar-refractivity contribution is 5.38. The van der Waals surface area contributed by atoms with Crippen molar-refractivity contribution in [3.63, 3.8) is 0 Å². The molecule has 2 rings (SSSR count). The van der Waals surface area contributed by atoms with E-state index >= 15 is 0 Å². The minimum Gasteiger partial charge on any atom is -0.330 e. The van der Waals surface area contributed by atoms with Crippen molar-refractivity contribution in [3.05, 3.63) is 47.0 Å². The van der Waals surface area contributed by atoms with Crippen molar-refractivity contribution in [2.24, 2.45) is 11.7 Å². The van der Waals surface area contributed by atoms with Crippen LogP contribution in [0.5, 0.6) is 0 Å². The molecular weight excluding hydrogens is 241 g/mol. The monoisotopic (exact) mass is 261 g/mol. The first kappa shape index (κ1) is 13.7. The first-order chi connectivity index (χ1) is 9.04. The molecule has 1 heterocycles. The predicted octanol–water partition coefficient (Wildman–Crippen LogP) is 2.77. The maximum atomic E-state index is 13.8. The molecule has 4 heteroatoms. The molecule has 2 aromatic rings. The van der Waals surface area contributed by atoms with Crippen LogP contribution in [0.2, 0.25) is 0 Å². The molecule has 1 aromatic carbocycles. The molecule has 1 aromatic heterocycles. The van der Waals surface area contributed by atoms with Gasteiger partial charge in [-0.1, -0.05) is 19.1 Å². The zero-order valence-corrected chi connectivity index (χ0v) is 11.7. The minimum absolute atomic E-state index is 0.258. The Kier molecular flexibility index (Phi) is 4.00. The van der Waals surface area contributed by atoms with Gasteiger partial charge in [-0.05, 0) is 50.4 Å². The van der Waals surface area contributed by atoms with Gasteiger partial charge in [-0.2, -0.15) is 5.10 Å². The van der Waals surface area contributed by atoms with Crippen LogP contribution in [0.15, 0.2) is 24.3 Å². The van der Waals surface area contributed by atoms with Crippen molar-refractivity contribution in [3.8, 4) is 5.69 Å². The summed E-state index contributed by atoms with van der Waals surface area (Å²) in [7, 11) is 0. The lowest BCUT2D eigenvalue weighted by Crippen LogP contribution is -2.14. The number of hydrogen-bond acceptors (Lipinski definition) is 2. The van der Waals surface area contributed by atoms with Crippen LogP contribution in [0, 0.1) is 25.6 Å². The molecule has 0 fully saturated rings. The van der Waals surface area contributed by atoms with Gasteiger partial charge in [0.05, 0.1) is 5.69 Å². The molecule has 19 heavy (non-hydrogen) atoms. The third-order valence-electron chi connectivity index (χ3n) is 3.48. The number of benzene rings is 1. The number of aromatic nitrogens is 2. The third kappa shape index (κ3) is 2.68. The van der Waals surface area contributed by atoms with E-state index in [2.05, 4.69) is 12.0 Å². The molecule has 0 radical (unpaired) electrons. The summed E-state index contributed by atoms with van der Waals surface area (Å²) in [5, 5.41) is 4.46. The van der Waals surface area contributed by atoms with Gasteiger partial charge in [-0.15, -0.1) is 0 Å². The number of para-hydroxylation sites is 1. The van der Waals surface area contributed by atoms with Crippen LogP contribution in [0.25, 0.3) is 5.69 Å². The fourth-order valence-electron chi connectivity index (χ4n) is 2.26. The molecule has 1 atom stereocenters. The van der Waals surface area contributed by atoms with E-state index in [1.54, 1.807) is 16.8 Å². The first-order valence-corrected chi connectivity index (χ1v) is 6.54. The summed E-state index contributed by atoms with van der Waals surface area (Å²) in [4.78, 5) is 0. The lowest BCUT2D eigenvalue weighted by molar-refractivity contribution is 0.588. The molecule has 0 spiro atoms. The van der Waals surface area contributed by atoms with Gasteiger partial charge in [0.15, 0.2) is 0 Å². The van der Waals surface area contributed by atoms with E-state index in [0.717, 1.165) is 17.8 Å². The van der Waals surface area contributed by atoms with Crippen molar-refractivity contribution < 1.29 is 4.39 Å². The van der Waals surface area contributed by atoms with Gasteiger partial charge in [0, 0.05) is 5.69 Å². The molecule has 0 aliphatic rings. The highest BCUT2D eigenvalue weighted by atomic mass is 19.1. The Morgan fingerprint density at radius 3 is 2.63 bits per heavy atom. The van der Waals surface area contributed by atoms with Gasteiger partial charge in [-0.3, -0.25) is 0 Å². The number of nitrogens with two attached hydrogens (primary N) is 1. The van der Waals surface area contributed by atoms with Gasteiger partial charge >= 0.3 is 0 Å². The highest BCUT2D eigenvalue weighted by Gasteiger charge is 2.16. The van der Waals surface area contributed by atoms with Gasteiger partial charge in [0.25, 0.3) is 0 Å². The molecule has 0 bridgehead atoms. The van der Waals surface area contributed by atoms with Crippen molar-refractivity contribution >= 4 is 0 Å². The van der Waals surface area contributed by atoms with E-state index in [9.17, 15) is 4.39 Å². The Hall–Kier alpha value is -1.68. The van der Waals surface area contributed by atoms with Crippen LogP contribution in [-0.2, 0) is 6.42 Å². The number of halogens is 1. The zero-order valence-electron chi connectivity index (χ0n) is 11.7. The van der Waals surface area contributed by atoms with Crippen molar-refractivity contribution in [1.29, 1.82) is 0 Å². The molecule has 2 N–H and O–H groups in total. The van der Waals surface area contributed by atoms with E-state index in [1.807, 2.05) is 19.9 Å². The van der Waals surface area contributed by atoms with Crippen LogP contribution >= 0.6 is 0 Å². The van der Waals surface area contributed by atoms with E-state index in [0.29, 0.717) is 18.2 Å². The zero-order chi connectivity index (χ0) is 14.0. The topological polar surface area (TPSA) is 43.8 Å². The van der Waals surface area contributed by atoms with Crippen molar-refractivity contribution in [2.45, 2.75) is 27.2 Å². The Balaban J connectivity index is 2.44. The van der Waals surface area contributed by atoms with Crippen LogP contribution in [0.1, 0.15) is 23.9 Å². The summed E-state index contributed by atoms with van der Waals surface area (Å²) in [5.41, 5.74) is 9.27. The molecule has 1 unspecified atom stereocenters. The molecule has 0 amide bonds. The predicted molar refractivity (Wildman–Crippen MR) is 74.9 cm³/mol. The van der Waals surface area contributed by atoms with E-state index in [-0.39, 0.29) is 5.82 Å². The average molecular weight is 261 g/mol. The van der Waals surface area contributed by atoms with Gasteiger partial charge in [-0.25, -0.2) is 9.07 Å². The number of aryl methyl sites for hydroxylation is 1. The Bertz CT molecular complexity index is 575. The van der Waals surface area contributed by atoms with Crippen LogP contribution in [0.4, 0.5) is 4.39 Å². The van der Waals surface area contributed by atoms with Crippen LogP contribution in [0.3, 0.4) is 0 Å². The molecule has 0 aliphatic carbocycles. The molecule has 102 valence electrons. The number of nitrogens with zero attached hydrogens (tertiary/aromatic N) is 2. The maximum absolute atomic E-state index is 13.8. The lowest BCUT2D eigenvalue weighted by Gasteiger charge is -2.09. The smallest absolute Gasteiger partial charge is 0.148 e. The molecule has 0 saturated heterocycles. The van der Waals surface area contributed by atoms with Gasteiger partial charge in [0.1, 0.15) is 11.5 Å². The summed E-state index contributed by atoms with van der Waals surface area (Å²) < 4.78 is 15.5. The summed E-state index contributed by atoms with van der Waals surface area (Å²) >= 11 is 0. The fourth-order valence-corrected chi connectivity index (χ4v) is 2.26. The second kappa shape index (κ2) is 5.53. The van der Waals surface area contributed by atoms with Crippen molar-refractivity contribution in [1.82, 2.24) is 9.78 Å². The van der Waals surface area contributed by atoms with Gasteiger partial charge < -0.3 is 5.73 Å². The minimum atomic E-state index is -0.258. The molecular formula is C15H20FN3. The second-order valence-corrected chi connectivity index (χ2v) is 5.06. The summed E-state index contributed by atoms with van der Waals surface area (Å²) in [6.07, 6.45) is 0.878. The summed E-state index contributed by atoms with van der Waals surface area (Å²) in [6.45, 7) is 6.69. The summed E-state index contributed by atoms with van der Waals surface area (Å²) in [6, 6.07) is 6.69. The normalized spacial score (nSPS) is 12.7. The standard InChI is InChI=1S/C15H20FN3/c1-10(9-17)8-13-11(2)18-19(12(13)3)15-7-5-4-6-14(15)16/h4-7,10H,8-9,17H2,1-3H3.